The van der Waals surface area contributed by atoms with Crippen LogP contribution in [-0.4, -0.2) is 41.3 Å². The molecular weight excluding hydrogens is 386 g/mol. The van der Waals surface area contributed by atoms with E-state index < -0.39 is 0 Å². The van der Waals surface area contributed by atoms with Crippen molar-refractivity contribution in [2.24, 2.45) is 0 Å². The van der Waals surface area contributed by atoms with Crippen molar-refractivity contribution in [2.45, 2.75) is 46.1 Å². The molecule has 0 spiro atoms. The molecule has 1 aromatic carbocycles. The fourth-order valence-electron chi connectivity index (χ4n) is 4.41. The highest BCUT2D eigenvalue weighted by molar-refractivity contribution is 5.83. The predicted molar refractivity (Wildman–Crippen MR) is 128 cm³/mol. The van der Waals surface area contributed by atoms with Gasteiger partial charge in [-0.25, -0.2) is 4.98 Å². The van der Waals surface area contributed by atoms with Crippen LogP contribution in [-0.2, 0) is 6.42 Å². The quantitative estimate of drug-likeness (QED) is 0.598. The molecule has 4 rings (SSSR count). The van der Waals surface area contributed by atoms with Crippen molar-refractivity contribution in [1.29, 1.82) is 5.41 Å². The van der Waals surface area contributed by atoms with E-state index in [9.17, 15) is 4.79 Å². The van der Waals surface area contributed by atoms with E-state index in [1.54, 1.807) is 10.5 Å². The van der Waals surface area contributed by atoms with Gasteiger partial charge in [-0.2, -0.15) is 0 Å². The van der Waals surface area contributed by atoms with Crippen molar-refractivity contribution in [3.63, 3.8) is 0 Å². The highest BCUT2D eigenvalue weighted by Gasteiger charge is 2.17. The molecule has 1 atom stereocenters. The van der Waals surface area contributed by atoms with Crippen LogP contribution in [0.25, 0.3) is 16.9 Å². The molecule has 1 aliphatic rings. The normalized spacial score (nSPS) is 16.6. The van der Waals surface area contributed by atoms with Crippen molar-refractivity contribution >= 4 is 17.5 Å². The van der Waals surface area contributed by atoms with Crippen LogP contribution in [0.4, 0.5) is 5.69 Å². The number of anilines is 1. The van der Waals surface area contributed by atoms with Crippen molar-refractivity contribution in [3.8, 4) is 11.3 Å². The van der Waals surface area contributed by atoms with Gasteiger partial charge >= 0.3 is 0 Å². The zero-order chi connectivity index (χ0) is 22.0. The van der Waals surface area contributed by atoms with Gasteiger partial charge in [-0.05, 0) is 67.6 Å². The number of pyridine rings is 1. The number of rotatable bonds is 6. The lowest BCUT2D eigenvalue weighted by Crippen LogP contribution is -2.49. The number of hydrogen-bond acceptors (Lipinski definition) is 5. The molecular formula is C25H31N5O. The molecule has 3 aromatic rings. The molecule has 6 nitrogen and oxygen atoms in total. The first-order valence-corrected chi connectivity index (χ1v) is 11.2. The number of hydrogen-bond donors (Lipinski definition) is 2. The van der Waals surface area contributed by atoms with E-state index >= 15 is 0 Å². The molecule has 0 saturated carbocycles. The van der Waals surface area contributed by atoms with Gasteiger partial charge in [0.15, 0.2) is 0 Å². The molecule has 0 amide bonds. The summed E-state index contributed by atoms with van der Waals surface area (Å²) in [6, 6.07) is 10.1. The summed E-state index contributed by atoms with van der Waals surface area (Å²) in [7, 11) is 0. The van der Waals surface area contributed by atoms with Gasteiger partial charge in [-0.15, -0.1) is 0 Å². The summed E-state index contributed by atoms with van der Waals surface area (Å²) in [6.45, 7) is 9.21. The predicted octanol–water partition coefficient (Wildman–Crippen LogP) is 3.81. The summed E-state index contributed by atoms with van der Waals surface area (Å²) in [5, 5.41) is 11.3. The average Bonchev–Trinajstić information content (AvgIpc) is 2.77. The second-order valence-corrected chi connectivity index (χ2v) is 8.51. The highest BCUT2D eigenvalue weighted by Crippen LogP contribution is 2.25. The molecule has 162 valence electrons. The summed E-state index contributed by atoms with van der Waals surface area (Å²) < 4.78 is 1.63. The molecule has 0 unspecified atom stereocenters. The Labute approximate surface area is 183 Å². The van der Waals surface area contributed by atoms with E-state index in [1.807, 2.05) is 24.4 Å². The lowest BCUT2D eigenvalue weighted by Gasteiger charge is -2.33. The van der Waals surface area contributed by atoms with Gasteiger partial charge < -0.3 is 15.6 Å². The minimum atomic E-state index is -0.0888. The lowest BCUT2D eigenvalue weighted by molar-refractivity contribution is 0.484. The van der Waals surface area contributed by atoms with E-state index in [4.69, 9.17) is 10.4 Å². The fraction of sp³-hybridized carbons (Fsp3) is 0.400. The smallest absolute Gasteiger partial charge is 0.258 e. The number of nitrogens with zero attached hydrogens (tertiary/aromatic N) is 3. The summed E-state index contributed by atoms with van der Waals surface area (Å²) in [4.78, 5) is 20.0. The largest absolute Gasteiger partial charge is 0.368 e. The number of benzene rings is 1. The van der Waals surface area contributed by atoms with Crippen molar-refractivity contribution < 1.29 is 0 Å². The summed E-state index contributed by atoms with van der Waals surface area (Å²) in [5.74, 6) is 0. The summed E-state index contributed by atoms with van der Waals surface area (Å²) >= 11 is 0. The molecule has 0 aliphatic carbocycles. The molecule has 1 fully saturated rings. The first kappa shape index (κ1) is 21.2. The molecule has 6 heteroatoms. The van der Waals surface area contributed by atoms with Crippen molar-refractivity contribution in [2.75, 3.05) is 24.5 Å². The number of aryl methyl sites for hydroxylation is 1. The summed E-state index contributed by atoms with van der Waals surface area (Å²) in [6.07, 6.45) is 6.50. The molecule has 3 heterocycles. The maximum atomic E-state index is 13.0. The second kappa shape index (κ2) is 9.02. The van der Waals surface area contributed by atoms with Crippen LogP contribution in [0.15, 0.2) is 41.3 Å². The average molecular weight is 418 g/mol. The van der Waals surface area contributed by atoms with E-state index in [0.717, 1.165) is 61.3 Å². The molecule has 1 aliphatic heterocycles. The standard InChI is InChI=1S/C25H31N5O/c1-4-5-6-22-17(2)11-19(12-20(22)14-26)23-13-25(31)30-16-21(7-8-24(30)28-23)29-10-9-27-18(3)15-29/h7-8,11-14,16,18,26-27H,4-6,9-10,15H2,1-3H3/t18-/m0/s1. The van der Waals surface area contributed by atoms with E-state index in [0.29, 0.717) is 17.4 Å². The highest BCUT2D eigenvalue weighted by atomic mass is 16.1. The Morgan fingerprint density at radius 2 is 2.13 bits per heavy atom. The van der Waals surface area contributed by atoms with Gasteiger partial charge in [0.05, 0.1) is 11.4 Å². The number of piperazine rings is 1. The van der Waals surface area contributed by atoms with Crippen LogP contribution in [0, 0.1) is 12.3 Å². The number of unbranched alkanes of at least 4 members (excludes halogenated alkanes) is 1. The summed E-state index contributed by atoms with van der Waals surface area (Å²) in [5.41, 5.74) is 6.40. The minimum absolute atomic E-state index is 0.0888. The number of aromatic nitrogens is 2. The second-order valence-electron chi connectivity index (χ2n) is 8.51. The Morgan fingerprint density at radius 1 is 1.29 bits per heavy atom. The van der Waals surface area contributed by atoms with Gasteiger partial charge in [0.1, 0.15) is 5.65 Å². The van der Waals surface area contributed by atoms with Gasteiger partial charge in [-0.3, -0.25) is 9.20 Å². The van der Waals surface area contributed by atoms with E-state index in [2.05, 4.69) is 37.1 Å². The molecule has 2 aromatic heterocycles. The van der Waals surface area contributed by atoms with E-state index in [1.165, 1.54) is 11.8 Å². The van der Waals surface area contributed by atoms with Crippen LogP contribution in [0.2, 0.25) is 0 Å². The van der Waals surface area contributed by atoms with E-state index in [-0.39, 0.29) is 5.56 Å². The monoisotopic (exact) mass is 417 g/mol. The zero-order valence-corrected chi connectivity index (χ0v) is 18.6. The van der Waals surface area contributed by atoms with Crippen LogP contribution in [0.1, 0.15) is 43.4 Å². The Hall–Kier alpha value is -2.99. The van der Waals surface area contributed by atoms with Crippen LogP contribution in [0.3, 0.4) is 0 Å². The number of nitrogens with one attached hydrogen (secondary N) is 2. The van der Waals surface area contributed by atoms with Crippen molar-refractivity contribution in [1.82, 2.24) is 14.7 Å². The Bertz CT molecular complexity index is 1170. The lowest BCUT2D eigenvalue weighted by atomic mass is 9.94. The van der Waals surface area contributed by atoms with Gasteiger partial charge in [0.2, 0.25) is 0 Å². The molecule has 0 radical (unpaired) electrons. The molecule has 2 N–H and O–H groups in total. The third-order valence-electron chi connectivity index (χ3n) is 6.12. The Balaban J connectivity index is 1.72. The van der Waals surface area contributed by atoms with Gasteiger partial charge in [-0.1, -0.05) is 13.3 Å². The van der Waals surface area contributed by atoms with Crippen LogP contribution >= 0.6 is 0 Å². The van der Waals surface area contributed by atoms with Gasteiger partial charge in [0.25, 0.3) is 5.56 Å². The number of fused-ring (bicyclic) bond motifs is 1. The van der Waals surface area contributed by atoms with Crippen LogP contribution in [0.5, 0.6) is 0 Å². The van der Waals surface area contributed by atoms with Crippen molar-refractivity contribution in [3.05, 3.63) is 63.6 Å². The Kier molecular flexibility index (Phi) is 6.18. The molecule has 31 heavy (non-hydrogen) atoms. The first-order valence-electron chi connectivity index (χ1n) is 11.2. The van der Waals surface area contributed by atoms with Gasteiger partial charge in [0, 0.05) is 49.7 Å². The topological polar surface area (TPSA) is 73.5 Å². The Morgan fingerprint density at radius 3 is 2.87 bits per heavy atom. The maximum absolute atomic E-state index is 13.0. The third-order valence-corrected chi connectivity index (χ3v) is 6.12. The third kappa shape index (κ3) is 4.39. The fourth-order valence-corrected chi connectivity index (χ4v) is 4.41. The zero-order valence-electron chi connectivity index (χ0n) is 18.6. The molecule has 0 bridgehead atoms. The minimum Gasteiger partial charge on any atom is -0.368 e. The SMILES string of the molecule is CCCCc1c(C)cc(-c2cc(=O)n3cc(N4CCN[C@@H](C)C4)ccc3n2)cc1C=N. The maximum Gasteiger partial charge on any atom is 0.258 e. The molecule has 1 saturated heterocycles. The first-order chi connectivity index (χ1) is 15.0. The van der Waals surface area contributed by atoms with Crippen LogP contribution < -0.4 is 15.8 Å².